The number of hydrogen-bond donors (Lipinski definition) is 0. The molecule has 0 fully saturated rings. The maximum atomic E-state index is 6.46. The van der Waals surface area contributed by atoms with Crippen molar-refractivity contribution < 1.29 is 4.74 Å². The van der Waals surface area contributed by atoms with E-state index in [1.165, 1.54) is 5.56 Å². The van der Waals surface area contributed by atoms with Gasteiger partial charge in [0.15, 0.2) is 0 Å². The first-order valence-corrected chi connectivity index (χ1v) is 10.5. The van der Waals surface area contributed by atoms with Crippen LogP contribution in [0, 0.1) is 0 Å². The third kappa shape index (κ3) is 5.69. The molecular formula is C24H30ClN3O. The van der Waals surface area contributed by atoms with Crippen LogP contribution in [-0.2, 0) is 23.8 Å². The Morgan fingerprint density at radius 2 is 1.76 bits per heavy atom. The summed E-state index contributed by atoms with van der Waals surface area (Å²) in [5, 5.41) is 5.06. The summed E-state index contributed by atoms with van der Waals surface area (Å²) < 4.78 is 8.34. The summed E-state index contributed by atoms with van der Waals surface area (Å²) in [5.41, 5.74) is 2.90. The fourth-order valence-electron chi connectivity index (χ4n) is 3.60. The SMILES string of the molecule is CN(CCCOC(C)(c1ccc(Cl)cc1)c1ccnn1C)CCc1ccccc1. The predicted molar refractivity (Wildman–Crippen MR) is 119 cm³/mol. The molecule has 1 aromatic heterocycles. The number of halogens is 1. The standard InChI is InChI=1S/C24H30ClN3O/c1-24(23-14-16-26-28(23)3,21-10-12-22(25)13-11-21)29-19-7-17-27(2)18-15-20-8-5-4-6-9-20/h4-6,8-14,16H,7,15,17-19H2,1-3H3. The number of aryl methyl sites for hydroxylation is 1. The van der Waals surface area contributed by atoms with Gasteiger partial charge in [0.1, 0.15) is 5.60 Å². The Kier molecular flexibility index (Phi) is 7.48. The second-order valence-electron chi connectivity index (χ2n) is 7.62. The fourth-order valence-corrected chi connectivity index (χ4v) is 3.73. The molecule has 1 heterocycles. The maximum Gasteiger partial charge on any atom is 0.132 e. The van der Waals surface area contributed by atoms with Crippen LogP contribution in [0.5, 0.6) is 0 Å². The molecule has 154 valence electrons. The van der Waals surface area contributed by atoms with Gasteiger partial charge >= 0.3 is 0 Å². The molecule has 0 saturated carbocycles. The van der Waals surface area contributed by atoms with Gasteiger partial charge in [0, 0.05) is 38.0 Å². The summed E-state index contributed by atoms with van der Waals surface area (Å²) in [6.07, 6.45) is 3.84. The first kappa shape index (κ1) is 21.6. The quantitative estimate of drug-likeness (QED) is 0.443. The average molecular weight is 412 g/mol. The van der Waals surface area contributed by atoms with Crippen LogP contribution in [-0.4, -0.2) is 41.4 Å². The van der Waals surface area contributed by atoms with Crippen LogP contribution in [0.2, 0.25) is 5.02 Å². The minimum atomic E-state index is -0.571. The van der Waals surface area contributed by atoms with Gasteiger partial charge in [-0.3, -0.25) is 4.68 Å². The number of hydrogen-bond acceptors (Lipinski definition) is 3. The largest absolute Gasteiger partial charge is 0.364 e. The second kappa shape index (κ2) is 10.1. The van der Waals surface area contributed by atoms with Gasteiger partial charge in [0.2, 0.25) is 0 Å². The summed E-state index contributed by atoms with van der Waals surface area (Å²) in [4.78, 5) is 2.36. The molecule has 0 amide bonds. The summed E-state index contributed by atoms with van der Waals surface area (Å²) in [5.74, 6) is 0. The van der Waals surface area contributed by atoms with Gasteiger partial charge in [-0.2, -0.15) is 5.10 Å². The van der Waals surface area contributed by atoms with Crippen LogP contribution in [0.15, 0.2) is 66.9 Å². The Bertz CT molecular complexity index is 879. The van der Waals surface area contributed by atoms with Crippen molar-refractivity contribution in [1.82, 2.24) is 14.7 Å². The van der Waals surface area contributed by atoms with Crippen LogP contribution < -0.4 is 0 Å². The summed E-state index contributed by atoms with van der Waals surface area (Å²) >= 11 is 6.09. The molecular weight excluding hydrogens is 382 g/mol. The normalized spacial score (nSPS) is 13.6. The van der Waals surface area contributed by atoms with E-state index in [0.717, 1.165) is 42.2 Å². The number of ether oxygens (including phenoxy) is 1. The molecule has 1 atom stereocenters. The van der Waals surface area contributed by atoms with E-state index in [-0.39, 0.29) is 0 Å². The Morgan fingerprint density at radius 3 is 2.41 bits per heavy atom. The number of rotatable bonds is 10. The van der Waals surface area contributed by atoms with E-state index in [1.54, 1.807) is 0 Å². The van der Waals surface area contributed by atoms with Crippen LogP contribution in [0.1, 0.15) is 30.2 Å². The van der Waals surface area contributed by atoms with Gasteiger partial charge in [-0.1, -0.05) is 54.1 Å². The van der Waals surface area contributed by atoms with Crippen molar-refractivity contribution in [3.05, 3.63) is 88.7 Å². The molecule has 0 saturated heterocycles. The maximum absolute atomic E-state index is 6.46. The van der Waals surface area contributed by atoms with Crippen LogP contribution in [0.25, 0.3) is 0 Å². The first-order chi connectivity index (χ1) is 14.0. The molecule has 0 spiro atoms. The molecule has 2 aromatic carbocycles. The lowest BCUT2D eigenvalue weighted by molar-refractivity contribution is -0.0131. The van der Waals surface area contributed by atoms with Crippen molar-refractivity contribution in [2.24, 2.45) is 7.05 Å². The van der Waals surface area contributed by atoms with Gasteiger partial charge in [-0.15, -0.1) is 0 Å². The molecule has 0 N–H and O–H groups in total. The van der Waals surface area contributed by atoms with E-state index >= 15 is 0 Å². The van der Waals surface area contributed by atoms with Crippen molar-refractivity contribution in [3.8, 4) is 0 Å². The van der Waals surface area contributed by atoms with Gasteiger partial charge < -0.3 is 9.64 Å². The number of likely N-dealkylation sites (N-methyl/N-ethyl adjacent to an activating group) is 1. The van der Waals surface area contributed by atoms with Crippen LogP contribution in [0.4, 0.5) is 0 Å². The molecule has 4 nitrogen and oxygen atoms in total. The lowest BCUT2D eigenvalue weighted by Crippen LogP contribution is -2.32. The highest BCUT2D eigenvalue weighted by Crippen LogP contribution is 2.33. The Hall–Kier alpha value is -2.14. The molecule has 0 aliphatic rings. The highest BCUT2D eigenvalue weighted by Gasteiger charge is 2.32. The lowest BCUT2D eigenvalue weighted by atomic mass is 9.92. The van der Waals surface area contributed by atoms with E-state index in [2.05, 4.69) is 54.3 Å². The Balaban J connectivity index is 1.56. The molecule has 0 aliphatic heterocycles. The summed E-state index contributed by atoms with van der Waals surface area (Å²) in [6.45, 7) is 4.81. The Morgan fingerprint density at radius 1 is 1.03 bits per heavy atom. The van der Waals surface area contributed by atoms with Crippen molar-refractivity contribution in [2.75, 3.05) is 26.7 Å². The number of benzene rings is 2. The van der Waals surface area contributed by atoms with Gasteiger partial charge in [0.05, 0.1) is 5.69 Å². The fraction of sp³-hybridized carbons (Fsp3) is 0.375. The molecule has 5 heteroatoms. The predicted octanol–water partition coefficient (Wildman–Crippen LogP) is 4.92. The smallest absolute Gasteiger partial charge is 0.132 e. The third-order valence-electron chi connectivity index (χ3n) is 5.40. The van der Waals surface area contributed by atoms with Crippen molar-refractivity contribution in [1.29, 1.82) is 0 Å². The molecule has 1 unspecified atom stereocenters. The monoisotopic (exact) mass is 411 g/mol. The highest BCUT2D eigenvalue weighted by atomic mass is 35.5. The molecule has 3 rings (SSSR count). The van der Waals surface area contributed by atoms with E-state index in [0.29, 0.717) is 6.61 Å². The van der Waals surface area contributed by atoms with E-state index in [1.807, 2.05) is 48.3 Å². The first-order valence-electron chi connectivity index (χ1n) is 10.1. The van der Waals surface area contributed by atoms with Crippen molar-refractivity contribution in [2.45, 2.75) is 25.4 Å². The van der Waals surface area contributed by atoms with Gasteiger partial charge in [-0.25, -0.2) is 0 Å². The summed E-state index contributed by atoms with van der Waals surface area (Å²) in [6, 6.07) is 20.5. The molecule has 0 aliphatic carbocycles. The molecule has 29 heavy (non-hydrogen) atoms. The Labute approximate surface area is 179 Å². The van der Waals surface area contributed by atoms with Crippen molar-refractivity contribution in [3.63, 3.8) is 0 Å². The van der Waals surface area contributed by atoms with Crippen LogP contribution in [0.3, 0.4) is 0 Å². The third-order valence-corrected chi connectivity index (χ3v) is 5.66. The average Bonchev–Trinajstić information content (AvgIpc) is 3.17. The zero-order valence-corrected chi connectivity index (χ0v) is 18.3. The minimum absolute atomic E-state index is 0.571. The van der Waals surface area contributed by atoms with E-state index < -0.39 is 5.60 Å². The van der Waals surface area contributed by atoms with Crippen LogP contribution >= 0.6 is 11.6 Å². The molecule has 0 bridgehead atoms. The lowest BCUT2D eigenvalue weighted by Gasteiger charge is -2.31. The molecule has 3 aromatic rings. The van der Waals surface area contributed by atoms with Gasteiger partial charge in [0.25, 0.3) is 0 Å². The second-order valence-corrected chi connectivity index (χ2v) is 8.06. The summed E-state index contributed by atoms with van der Waals surface area (Å²) in [7, 11) is 4.12. The zero-order chi connectivity index (χ0) is 20.7. The highest BCUT2D eigenvalue weighted by molar-refractivity contribution is 6.30. The van der Waals surface area contributed by atoms with Gasteiger partial charge in [-0.05, 0) is 56.1 Å². The molecule has 0 radical (unpaired) electrons. The van der Waals surface area contributed by atoms with E-state index in [9.17, 15) is 0 Å². The van der Waals surface area contributed by atoms with Crippen molar-refractivity contribution >= 4 is 11.6 Å². The number of nitrogens with zero attached hydrogens (tertiary/aromatic N) is 3. The number of aromatic nitrogens is 2. The zero-order valence-electron chi connectivity index (χ0n) is 17.5. The minimum Gasteiger partial charge on any atom is -0.364 e. The topological polar surface area (TPSA) is 30.3 Å². The van der Waals surface area contributed by atoms with E-state index in [4.69, 9.17) is 16.3 Å².